The van der Waals surface area contributed by atoms with Gasteiger partial charge in [0.1, 0.15) is 11.6 Å². The Hall–Kier alpha value is -6.35. The van der Waals surface area contributed by atoms with Crippen molar-refractivity contribution >= 4 is 11.0 Å². The summed E-state index contributed by atoms with van der Waals surface area (Å²) in [4.78, 5) is 9.98. The van der Waals surface area contributed by atoms with Crippen LogP contribution >= 0.6 is 0 Å². The first-order chi connectivity index (χ1) is 43.7. The number of aryl methyl sites for hydroxylation is 1. The number of benzene rings is 7. The van der Waals surface area contributed by atoms with Crippen LogP contribution in [0.1, 0.15) is 168 Å². The van der Waals surface area contributed by atoms with E-state index in [-0.39, 0.29) is 54.3 Å². The molecule has 5 heteroatoms. The molecule has 0 aliphatic heterocycles. The van der Waals surface area contributed by atoms with Gasteiger partial charge in [-0.15, -0.1) is 29.3 Å². The molecule has 0 bridgehead atoms. The molecule has 2 aromatic heterocycles. The first kappa shape index (κ1) is 31.5. The van der Waals surface area contributed by atoms with Crippen molar-refractivity contribution in [1.82, 2.24) is 14.5 Å². The zero-order valence-electron chi connectivity index (χ0n) is 65.9. The van der Waals surface area contributed by atoms with Crippen LogP contribution in [0.2, 0.25) is 0 Å². The van der Waals surface area contributed by atoms with Crippen molar-refractivity contribution in [1.29, 1.82) is 0 Å². The largest absolute Gasteiger partial charge is 0.507 e. The van der Waals surface area contributed by atoms with E-state index in [1.54, 1.807) is 54.6 Å². The number of pyridine rings is 1. The molecule has 0 saturated heterocycles. The number of fused-ring (bicyclic) bond motifs is 1. The third kappa shape index (κ3) is 10.6. The minimum atomic E-state index is -4.50. The molecule has 4 nitrogen and oxygen atoms in total. The fraction of sp³-hybridized carbons (Fsp3) is 0.304. The van der Waals surface area contributed by atoms with E-state index in [4.69, 9.17) is 38.8 Å². The number of hydrogen-bond acceptors (Lipinski definition) is 3. The van der Waals surface area contributed by atoms with Crippen LogP contribution in [0.4, 0.5) is 0 Å². The molecule has 0 aliphatic carbocycles. The second-order valence-electron chi connectivity index (χ2n) is 22.0. The molecule has 9 aromatic rings. The standard InChI is InChI=1S/C69H74N3O.Pt/c1-43-42-70-59(41-54(43)46-30-32-50(33-31-46)65(2,3)4)49-34-48(35-51(36-49)66(5,6)7)53-28-23-29-60-61(53)71-64(56-39-52(67(8,9)10)40-58(63(56)73)69(14,15)16)72(60)62-55(45-26-21-18-22-27-45)37-47(38-57(62)68(11,12)13)44-24-19-17-20-25-44;/h17-33,35-42,73H,1-16H3;/q-1;/i1D3,8D3,9D3,10D3,14D3,15D3,16D3,39D,40D;. The van der Waals surface area contributed by atoms with Crippen LogP contribution < -0.4 is 0 Å². The zero-order chi connectivity index (χ0) is 71.8. The van der Waals surface area contributed by atoms with E-state index < -0.39 is 110 Å². The Bertz CT molecular complexity index is 4290. The van der Waals surface area contributed by atoms with Crippen LogP contribution in [-0.2, 0) is 48.1 Å². The maximum atomic E-state index is 13.5. The third-order valence-corrected chi connectivity index (χ3v) is 13.2. The predicted octanol–water partition coefficient (Wildman–Crippen LogP) is 18.7. The molecule has 0 aliphatic rings. The Morgan fingerprint density at radius 2 is 1.14 bits per heavy atom. The van der Waals surface area contributed by atoms with Crippen molar-refractivity contribution in [2.24, 2.45) is 0 Å². The van der Waals surface area contributed by atoms with Crippen LogP contribution in [0.5, 0.6) is 5.75 Å². The molecule has 2 heterocycles. The van der Waals surface area contributed by atoms with Crippen LogP contribution in [0, 0.1) is 12.9 Å². The average Bonchev–Trinajstić information content (AvgIpc) is 1.18. The summed E-state index contributed by atoms with van der Waals surface area (Å²) >= 11 is 0. The summed E-state index contributed by atoms with van der Waals surface area (Å²) < 4.78 is 209. The van der Waals surface area contributed by atoms with Gasteiger partial charge >= 0.3 is 0 Å². The summed E-state index contributed by atoms with van der Waals surface area (Å²) in [7, 11) is 0. The van der Waals surface area contributed by atoms with Gasteiger partial charge in [-0.05, 0) is 108 Å². The Morgan fingerprint density at radius 3 is 1.74 bits per heavy atom. The van der Waals surface area contributed by atoms with Crippen LogP contribution in [0.25, 0.3) is 83.9 Å². The molecule has 0 saturated carbocycles. The van der Waals surface area contributed by atoms with E-state index in [0.29, 0.717) is 55.8 Å². The van der Waals surface area contributed by atoms with E-state index >= 15 is 0 Å². The number of nitrogens with zero attached hydrogens (tertiary/aromatic N) is 3. The van der Waals surface area contributed by atoms with Crippen LogP contribution in [-0.4, -0.2) is 19.6 Å². The van der Waals surface area contributed by atoms with Gasteiger partial charge in [0, 0.05) is 72.9 Å². The van der Waals surface area contributed by atoms with Crippen LogP contribution in [0.3, 0.4) is 0 Å². The van der Waals surface area contributed by atoms with Gasteiger partial charge in [-0.2, -0.15) is 0 Å². The van der Waals surface area contributed by atoms with Crippen molar-refractivity contribution in [2.75, 3.05) is 0 Å². The maximum absolute atomic E-state index is 13.5. The topological polar surface area (TPSA) is 50.9 Å². The van der Waals surface area contributed by atoms with Gasteiger partial charge in [0.2, 0.25) is 0 Å². The summed E-state index contributed by atoms with van der Waals surface area (Å²) in [5.74, 6) is -2.47. The SMILES string of the molecule is [2H]c1c(-c2nc3c(-c4[c-]c(-c5cc(-c6ccc(C(C)(C)C)cc6)c(C([2H])([2H])[2H])cn5)cc(C(C)(C)C)c4)cccc3n2-c2c(-c3ccccc3)cc(-c3ccccc3)cc2C(C)(C)C)c(O)c(C(C([2H])([2H])[2H])(C([2H])([2H])[2H])C([2H])([2H])[2H])c([2H])c1C(C([2H])([2H])[2H])(C([2H])([2H])[2H])C([2H])([2H])[2H].[Pt]. The second kappa shape index (κ2) is 19.7. The van der Waals surface area contributed by atoms with Crippen LogP contribution in [0.15, 0.2) is 152 Å². The van der Waals surface area contributed by atoms with E-state index in [1.165, 1.54) is 10.8 Å². The van der Waals surface area contributed by atoms with E-state index in [1.807, 2.05) is 120 Å². The Kier molecular flexibility index (Phi) is 8.40. The minimum absolute atomic E-state index is 0. The van der Waals surface area contributed by atoms with Crippen molar-refractivity contribution in [2.45, 2.75) is 137 Å². The van der Waals surface area contributed by atoms with Gasteiger partial charge in [-0.25, -0.2) is 4.98 Å². The van der Waals surface area contributed by atoms with Gasteiger partial charge in [0.15, 0.2) is 0 Å². The van der Waals surface area contributed by atoms with E-state index in [0.717, 1.165) is 11.1 Å². The summed E-state index contributed by atoms with van der Waals surface area (Å²) in [5, 5.41) is 13.5. The number of hydrogen-bond donors (Lipinski definition) is 1. The Morgan fingerprint density at radius 1 is 0.514 bits per heavy atom. The quantitative estimate of drug-likeness (QED) is 0.162. The fourth-order valence-electron chi connectivity index (χ4n) is 9.22. The molecule has 0 unspecified atom stereocenters. The summed E-state index contributed by atoms with van der Waals surface area (Å²) in [5.41, 5.74) is -8.89. The molecule has 0 amide bonds. The summed E-state index contributed by atoms with van der Waals surface area (Å²) in [6.07, 6.45) is 1.30. The number of aromatic hydroxyl groups is 1. The number of para-hydroxylation sites is 1. The number of phenolic OH excluding ortho intramolecular Hbond substituents is 1. The van der Waals surface area contributed by atoms with Crippen molar-refractivity contribution in [3.05, 3.63) is 191 Å². The van der Waals surface area contributed by atoms with Crippen molar-refractivity contribution in [3.8, 4) is 78.6 Å². The monoisotopic (exact) mass is 1180 g/mol. The predicted molar refractivity (Wildman–Crippen MR) is 310 cm³/mol. The first-order valence-corrected chi connectivity index (χ1v) is 24.1. The van der Waals surface area contributed by atoms with Gasteiger partial charge in [-0.3, -0.25) is 9.55 Å². The van der Waals surface area contributed by atoms with Gasteiger partial charge in [0.05, 0.1) is 25.0 Å². The number of rotatable bonds is 7. The summed E-state index contributed by atoms with van der Waals surface area (Å²) in [6, 6.07) is 39.6. The smallest absolute Gasteiger partial charge is 0.148 e. The Labute approximate surface area is 489 Å². The summed E-state index contributed by atoms with van der Waals surface area (Å²) in [6.45, 7) is -11.2. The number of phenols is 1. The molecule has 0 radical (unpaired) electrons. The molecule has 0 fully saturated rings. The van der Waals surface area contributed by atoms with Gasteiger partial charge in [0.25, 0.3) is 0 Å². The first-order valence-electron chi connectivity index (χ1n) is 35.6. The Balaban J connectivity index is 0.0000120. The van der Waals surface area contributed by atoms with Crippen molar-refractivity contribution < 1.29 is 57.7 Å². The second-order valence-corrected chi connectivity index (χ2v) is 22.0. The molecule has 0 atom stereocenters. The minimum Gasteiger partial charge on any atom is -0.507 e. The molecular formula is C69H74N3OPt-. The number of imidazole rings is 1. The molecule has 1 N–H and O–H groups in total. The van der Waals surface area contributed by atoms with E-state index in [9.17, 15) is 7.85 Å². The van der Waals surface area contributed by atoms with Crippen molar-refractivity contribution in [3.63, 3.8) is 0 Å². The van der Waals surface area contributed by atoms with E-state index in [2.05, 4.69) is 26.8 Å². The molecular weight excluding hydrogens is 1080 g/mol. The molecule has 7 aromatic carbocycles. The molecule has 9 rings (SSSR count). The maximum Gasteiger partial charge on any atom is 0.148 e. The third-order valence-electron chi connectivity index (χ3n) is 13.2. The average molecular weight is 1180 g/mol. The molecule has 74 heavy (non-hydrogen) atoms. The molecule has 382 valence electrons. The van der Waals surface area contributed by atoms with Gasteiger partial charge < -0.3 is 5.11 Å². The normalized spacial score (nSPS) is 18.3. The zero-order valence-corrected chi connectivity index (χ0v) is 45.2. The fourth-order valence-corrected chi connectivity index (χ4v) is 9.22. The molecule has 0 spiro atoms. The van der Waals surface area contributed by atoms with Gasteiger partial charge in [-0.1, -0.05) is 224 Å². The number of aromatic nitrogens is 3.